The van der Waals surface area contributed by atoms with Crippen molar-refractivity contribution < 1.29 is 0 Å². The van der Waals surface area contributed by atoms with Crippen molar-refractivity contribution in [3.8, 4) is 0 Å². The van der Waals surface area contributed by atoms with Crippen LogP contribution in [0.2, 0.25) is 0 Å². The fourth-order valence-electron chi connectivity index (χ4n) is 2.92. The first-order valence-electron chi connectivity index (χ1n) is 8.23. The summed E-state index contributed by atoms with van der Waals surface area (Å²) in [4.78, 5) is 13.9. The molecule has 1 fully saturated rings. The molecule has 0 atom stereocenters. The van der Waals surface area contributed by atoms with E-state index >= 15 is 0 Å². The van der Waals surface area contributed by atoms with Gasteiger partial charge in [-0.3, -0.25) is 0 Å². The van der Waals surface area contributed by atoms with E-state index in [0.29, 0.717) is 0 Å². The molecule has 2 heterocycles. The molecule has 116 valence electrons. The van der Waals surface area contributed by atoms with Crippen molar-refractivity contribution in [2.24, 2.45) is 0 Å². The fourth-order valence-corrected chi connectivity index (χ4v) is 2.92. The highest BCUT2D eigenvalue weighted by Crippen LogP contribution is 2.20. The van der Waals surface area contributed by atoms with Crippen LogP contribution in [-0.4, -0.2) is 29.6 Å². The van der Waals surface area contributed by atoms with Gasteiger partial charge >= 0.3 is 0 Å². The van der Waals surface area contributed by atoms with Gasteiger partial charge in [-0.2, -0.15) is 4.98 Å². The Morgan fingerprint density at radius 1 is 1.05 bits per heavy atom. The summed E-state index contributed by atoms with van der Waals surface area (Å²) in [6.45, 7) is 6.13. The molecule has 0 N–H and O–H groups in total. The molecule has 1 saturated heterocycles. The van der Waals surface area contributed by atoms with Gasteiger partial charge in [0.1, 0.15) is 5.82 Å². The average molecular weight is 296 g/mol. The van der Waals surface area contributed by atoms with Crippen LogP contribution in [0.15, 0.2) is 42.6 Å². The van der Waals surface area contributed by atoms with Crippen LogP contribution in [-0.2, 0) is 6.54 Å². The fraction of sp³-hybridized carbons (Fsp3) is 0.444. The Kier molecular flexibility index (Phi) is 4.88. The molecule has 1 aliphatic heterocycles. The van der Waals surface area contributed by atoms with Gasteiger partial charge in [-0.1, -0.05) is 30.3 Å². The summed E-state index contributed by atoms with van der Waals surface area (Å²) in [5, 5.41) is 0. The summed E-state index contributed by atoms with van der Waals surface area (Å²) in [6.07, 6.45) is 5.76. The van der Waals surface area contributed by atoms with Crippen LogP contribution in [0.1, 0.15) is 31.7 Å². The zero-order valence-corrected chi connectivity index (χ0v) is 13.3. The van der Waals surface area contributed by atoms with Gasteiger partial charge in [-0.25, -0.2) is 4.98 Å². The number of nitrogens with zero attached hydrogens (tertiary/aromatic N) is 4. The van der Waals surface area contributed by atoms with Gasteiger partial charge in [0.25, 0.3) is 0 Å². The largest absolute Gasteiger partial charge is 0.356 e. The lowest BCUT2D eigenvalue weighted by molar-refractivity contribution is 0.572. The lowest BCUT2D eigenvalue weighted by Crippen LogP contribution is -2.31. The van der Waals surface area contributed by atoms with E-state index < -0.39 is 0 Å². The molecule has 4 nitrogen and oxygen atoms in total. The monoisotopic (exact) mass is 296 g/mol. The molecule has 0 amide bonds. The number of aromatic nitrogens is 2. The Morgan fingerprint density at radius 2 is 1.82 bits per heavy atom. The van der Waals surface area contributed by atoms with Gasteiger partial charge in [0.2, 0.25) is 5.95 Å². The first kappa shape index (κ1) is 14.8. The Hall–Kier alpha value is -2.10. The first-order chi connectivity index (χ1) is 10.9. The molecule has 2 aromatic rings. The summed E-state index contributed by atoms with van der Waals surface area (Å²) < 4.78 is 0. The minimum absolute atomic E-state index is 0.828. The maximum absolute atomic E-state index is 4.80. The maximum atomic E-state index is 4.80. The molecule has 0 saturated carbocycles. The van der Waals surface area contributed by atoms with Crippen LogP contribution >= 0.6 is 0 Å². The van der Waals surface area contributed by atoms with E-state index in [2.05, 4.69) is 46.0 Å². The lowest BCUT2D eigenvalue weighted by atomic mass is 10.1. The molecule has 0 unspecified atom stereocenters. The zero-order chi connectivity index (χ0) is 15.2. The van der Waals surface area contributed by atoms with Crippen molar-refractivity contribution in [2.75, 3.05) is 29.4 Å². The predicted molar refractivity (Wildman–Crippen MR) is 91.3 cm³/mol. The molecule has 1 aliphatic rings. The van der Waals surface area contributed by atoms with Crippen LogP contribution in [0.5, 0.6) is 0 Å². The van der Waals surface area contributed by atoms with Crippen molar-refractivity contribution in [2.45, 2.75) is 32.7 Å². The van der Waals surface area contributed by atoms with Gasteiger partial charge in [0.15, 0.2) is 0 Å². The summed E-state index contributed by atoms with van der Waals surface area (Å²) in [5.41, 5.74) is 1.29. The lowest BCUT2D eigenvalue weighted by Gasteiger charge is -2.29. The van der Waals surface area contributed by atoms with E-state index in [9.17, 15) is 0 Å². The van der Waals surface area contributed by atoms with Crippen LogP contribution in [0, 0.1) is 0 Å². The van der Waals surface area contributed by atoms with Gasteiger partial charge in [-0.05, 0) is 37.8 Å². The Bertz CT molecular complexity index is 579. The van der Waals surface area contributed by atoms with E-state index in [1.807, 2.05) is 18.3 Å². The number of hydrogen-bond donors (Lipinski definition) is 0. The summed E-state index contributed by atoms with van der Waals surface area (Å²) in [6, 6.07) is 12.5. The molecule has 1 aromatic carbocycles. The molecule has 3 rings (SSSR count). The Morgan fingerprint density at radius 3 is 2.55 bits per heavy atom. The summed E-state index contributed by atoms with van der Waals surface area (Å²) in [5.74, 6) is 1.89. The van der Waals surface area contributed by atoms with Gasteiger partial charge in [0, 0.05) is 32.4 Å². The molecular formula is C18H24N4. The van der Waals surface area contributed by atoms with Crippen LogP contribution in [0.4, 0.5) is 11.8 Å². The van der Waals surface area contributed by atoms with Crippen molar-refractivity contribution >= 4 is 11.8 Å². The minimum atomic E-state index is 0.828. The maximum Gasteiger partial charge on any atom is 0.227 e. The third-order valence-corrected chi connectivity index (χ3v) is 4.19. The van der Waals surface area contributed by atoms with E-state index in [0.717, 1.165) is 37.9 Å². The Balaban J connectivity index is 1.77. The number of benzene rings is 1. The van der Waals surface area contributed by atoms with E-state index in [-0.39, 0.29) is 0 Å². The standard InChI is InChI=1S/C18H24N4/c1-2-21(15-16-9-5-3-6-10-16)18-19-12-11-17(20-18)22-13-7-4-8-14-22/h3,5-6,9-12H,2,4,7-8,13-15H2,1H3. The first-order valence-corrected chi connectivity index (χ1v) is 8.23. The molecule has 22 heavy (non-hydrogen) atoms. The second-order valence-corrected chi connectivity index (χ2v) is 5.76. The quantitative estimate of drug-likeness (QED) is 0.845. The van der Waals surface area contributed by atoms with Gasteiger partial charge in [-0.15, -0.1) is 0 Å². The van der Waals surface area contributed by atoms with Crippen molar-refractivity contribution in [1.29, 1.82) is 0 Å². The number of rotatable bonds is 5. The predicted octanol–water partition coefficient (Wildman–Crippen LogP) is 3.49. The third kappa shape index (κ3) is 3.56. The van der Waals surface area contributed by atoms with Crippen LogP contribution in [0.3, 0.4) is 0 Å². The summed E-state index contributed by atoms with van der Waals surface area (Å²) in [7, 11) is 0. The van der Waals surface area contributed by atoms with Crippen LogP contribution in [0.25, 0.3) is 0 Å². The number of hydrogen-bond acceptors (Lipinski definition) is 4. The second-order valence-electron chi connectivity index (χ2n) is 5.76. The highest BCUT2D eigenvalue weighted by atomic mass is 15.3. The smallest absolute Gasteiger partial charge is 0.227 e. The van der Waals surface area contributed by atoms with E-state index in [4.69, 9.17) is 4.98 Å². The number of piperidine rings is 1. The minimum Gasteiger partial charge on any atom is -0.356 e. The molecular weight excluding hydrogens is 272 g/mol. The summed E-state index contributed by atoms with van der Waals surface area (Å²) >= 11 is 0. The van der Waals surface area contributed by atoms with E-state index in [1.165, 1.54) is 24.8 Å². The third-order valence-electron chi connectivity index (χ3n) is 4.19. The SMILES string of the molecule is CCN(Cc1ccccc1)c1nccc(N2CCCCC2)n1. The van der Waals surface area contributed by atoms with Crippen molar-refractivity contribution in [3.05, 3.63) is 48.2 Å². The molecule has 0 spiro atoms. The highest BCUT2D eigenvalue weighted by molar-refractivity contribution is 5.44. The second kappa shape index (κ2) is 7.25. The average Bonchev–Trinajstić information content (AvgIpc) is 2.61. The Labute approximate surface area is 132 Å². The van der Waals surface area contributed by atoms with Gasteiger partial charge < -0.3 is 9.80 Å². The number of anilines is 2. The van der Waals surface area contributed by atoms with E-state index in [1.54, 1.807) is 0 Å². The molecule has 0 bridgehead atoms. The zero-order valence-electron chi connectivity index (χ0n) is 13.3. The van der Waals surface area contributed by atoms with Crippen LogP contribution < -0.4 is 9.80 Å². The van der Waals surface area contributed by atoms with Crippen molar-refractivity contribution in [3.63, 3.8) is 0 Å². The topological polar surface area (TPSA) is 32.3 Å². The molecule has 4 heteroatoms. The van der Waals surface area contributed by atoms with Gasteiger partial charge in [0.05, 0.1) is 0 Å². The molecule has 1 aromatic heterocycles. The highest BCUT2D eigenvalue weighted by Gasteiger charge is 2.15. The molecule has 0 radical (unpaired) electrons. The molecule has 0 aliphatic carbocycles. The van der Waals surface area contributed by atoms with Crippen molar-refractivity contribution in [1.82, 2.24) is 9.97 Å². The normalized spacial score (nSPS) is 14.9.